The highest BCUT2D eigenvalue weighted by Gasteiger charge is 2.23. The number of aliphatic hydroxyl groups excluding tert-OH is 1. The first kappa shape index (κ1) is 15.5. The number of rotatable bonds is 3. The van der Waals surface area contributed by atoms with Crippen molar-refractivity contribution in [2.24, 2.45) is 0 Å². The molecule has 112 valence electrons. The fourth-order valence-electron chi connectivity index (χ4n) is 2.45. The molecule has 2 rings (SSSR count). The van der Waals surface area contributed by atoms with Gasteiger partial charge in [-0.3, -0.25) is 9.69 Å². The van der Waals surface area contributed by atoms with Gasteiger partial charge in [0.1, 0.15) is 12.3 Å². The molecule has 21 heavy (non-hydrogen) atoms. The van der Waals surface area contributed by atoms with E-state index in [1.807, 2.05) is 4.90 Å². The number of hydrogen-bond donors (Lipinski definition) is 1. The average molecular weight is 287 g/mol. The van der Waals surface area contributed by atoms with Gasteiger partial charge in [0.2, 0.25) is 0 Å². The molecule has 5 heteroatoms. The van der Waals surface area contributed by atoms with Crippen molar-refractivity contribution < 1.29 is 9.90 Å². The molecule has 5 nitrogen and oxygen atoms in total. The Bertz CT molecular complexity index is 540. The maximum atomic E-state index is 12.6. The lowest BCUT2D eigenvalue weighted by atomic mass is 10.1. The normalized spacial score (nSPS) is 15.4. The van der Waals surface area contributed by atoms with Crippen LogP contribution in [0.1, 0.15) is 29.4 Å². The van der Waals surface area contributed by atoms with E-state index in [-0.39, 0.29) is 12.5 Å². The van der Waals surface area contributed by atoms with Crippen molar-refractivity contribution in [3.63, 3.8) is 0 Å². The third-order valence-electron chi connectivity index (χ3n) is 3.51. The number of aliphatic hydroxyl groups is 1. The van der Waals surface area contributed by atoms with E-state index in [0.29, 0.717) is 11.3 Å². The van der Waals surface area contributed by atoms with Crippen molar-refractivity contribution in [1.29, 1.82) is 0 Å². The zero-order valence-corrected chi connectivity index (χ0v) is 12.4. The van der Waals surface area contributed by atoms with Gasteiger partial charge in [0.05, 0.1) is 5.56 Å². The van der Waals surface area contributed by atoms with Gasteiger partial charge < -0.3 is 10.0 Å². The number of carbonyl (C=O) groups excluding carboxylic acids is 1. The fourth-order valence-corrected chi connectivity index (χ4v) is 2.45. The predicted octanol–water partition coefficient (Wildman–Crippen LogP) is 0.593. The first-order chi connectivity index (χ1) is 10.3. The van der Waals surface area contributed by atoms with Gasteiger partial charge in [-0.15, -0.1) is 0 Å². The van der Waals surface area contributed by atoms with Crippen LogP contribution in [0.2, 0.25) is 0 Å². The van der Waals surface area contributed by atoms with Crippen LogP contribution in [-0.4, -0.2) is 65.1 Å². The fraction of sp³-hybridized carbons (Fsp3) is 0.500. The number of aromatic nitrogens is 1. The summed E-state index contributed by atoms with van der Waals surface area (Å²) in [6, 6.07) is 3.51. The predicted molar refractivity (Wildman–Crippen MR) is 80.8 cm³/mol. The topological polar surface area (TPSA) is 56.7 Å². The molecule has 1 amide bonds. The zero-order chi connectivity index (χ0) is 15.1. The van der Waals surface area contributed by atoms with Gasteiger partial charge in [0, 0.05) is 32.4 Å². The van der Waals surface area contributed by atoms with Crippen molar-refractivity contribution in [2.45, 2.75) is 13.3 Å². The number of nitrogens with zero attached hydrogens (tertiary/aromatic N) is 3. The van der Waals surface area contributed by atoms with E-state index in [9.17, 15) is 4.79 Å². The second-order valence-electron chi connectivity index (χ2n) is 4.99. The summed E-state index contributed by atoms with van der Waals surface area (Å²) in [4.78, 5) is 20.9. The van der Waals surface area contributed by atoms with Crippen LogP contribution in [0.15, 0.2) is 18.3 Å². The Hall–Kier alpha value is -1.90. The summed E-state index contributed by atoms with van der Waals surface area (Å²) in [7, 11) is 0. The van der Waals surface area contributed by atoms with E-state index in [1.165, 1.54) is 0 Å². The molecule has 0 radical (unpaired) electrons. The van der Waals surface area contributed by atoms with Gasteiger partial charge in [-0.2, -0.15) is 0 Å². The van der Waals surface area contributed by atoms with Gasteiger partial charge >= 0.3 is 0 Å². The summed E-state index contributed by atoms with van der Waals surface area (Å²) in [5.74, 6) is 5.29. The van der Waals surface area contributed by atoms with Gasteiger partial charge in [-0.25, -0.2) is 4.98 Å². The van der Waals surface area contributed by atoms with Crippen LogP contribution in [-0.2, 0) is 0 Å². The van der Waals surface area contributed by atoms with E-state index in [1.54, 1.807) is 18.3 Å². The lowest BCUT2D eigenvalue weighted by Crippen LogP contribution is -2.49. The molecular weight excluding hydrogens is 266 g/mol. The van der Waals surface area contributed by atoms with Crippen molar-refractivity contribution in [3.8, 4) is 11.8 Å². The Morgan fingerprint density at radius 2 is 2.14 bits per heavy atom. The van der Waals surface area contributed by atoms with Gasteiger partial charge in [0.25, 0.3) is 5.91 Å². The van der Waals surface area contributed by atoms with E-state index in [0.717, 1.165) is 39.1 Å². The molecule has 0 atom stereocenters. The Kier molecular flexibility index (Phi) is 5.73. The van der Waals surface area contributed by atoms with Gasteiger partial charge in [-0.05, 0) is 25.1 Å². The molecule has 0 aromatic carbocycles. The highest BCUT2D eigenvalue weighted by molar-refractivity contribution is 5.94. The molecule has 0 unspecified atom stereocenters. The van der Waals surface area contributed by atoms with Crippen LogP contribution in [0.25, 0.3) is 0 Å². The highest BCUT2D eigenvalue weighted by atomic mass is 16.2. The first-order valence-electron chi connectivity index (χ1n) is 7.32. The standard InChI is InChI=1S/C16H21N3O2/c1-2-8-18-9-11-19(12-10-18)16(21)15-14(6-4-13-20)5-3-7-17-15/h3,5,7,20H,2,8-13H2,1H3. The average Bonchev–Trinajstić information content (AvgIpc) is 2.53. The molecule has 1 aromatic heterocycles. The molecule has 1 fully saturated rings. The quantitative estimate of drug-likeness (QED) is 0.827. The SMILES string of the molecule is CCCN1CCN(C(=O)c2ncccc2C#CCO)CC1. The summed E-state index contributed by atoms with van der Waals surface area (Å²) in [5, 5.41) is 8.79. The van der Waals surface area contributed by atoms with Crippen molar-refractivity contribution >= 4 is 5.91 Å². The second-order valence-corrected chi connectivity index (χ2v) is 4.99. The molecular formula is C16H21N3O2. The van der Waals surface area contributed by atoms with Crippen molar-refractivity contribution in [2.75, 3.05) is 39.3 Å². The minimum atomic E-state index is -0.224. The maximum Gasteiger partial charge on any atom is 0.273 e. The molecule has 1 aromatic rings. The largest absolute Gasteiger partial charge is 0.384 e. The number of carbonyl (C=O) groups is 1. The number of piperazine rings is 1. The van der Waals surface area contributed by atoms with E-state index < -0.39 is 0 Å². The van der Waals surface area contributed by atoms with Gasteiger partial charge in [0.15, 0.2) is 0 Å². The van der Waals surface area contributed by atoms with Crippen LogP contribution >= 0.6 is 0 Å². The molecule has 1 aliphatic heterocycles. The Morgan fingerprint density at radius 1 is 1.38 bits per heavy atom. The van der Waals surface area contributed by atoms with Crippen LogP contribution in [0, 0.1) is 11.8 Å². The Balaban J connectivity index is 2.07. The van der Waals surface area contributed by atoms with Crippen LogP contribution < -0.4 is 0 Å². The van der Waals surface area contributed by atoms with E-state index in [2.05, 4.69) is 28.6 Å². The zero-order valence-electron chi connectivity index (χ0n) is 12.4. The second kappa shape index (κ2) is 7.77. The maximum absolute atomic E-state index is 12.6. The molecule has 0 bridgehead atoms. The minimum Gasteiger partial charge on any atom is -0.384 e. The lowest BCUT2D eigenvalue weighted by Gasteiger charge is -2.34. The van der Waals surface area contributed by atoms with Crippen LogP contribution in [0.5, 0.6) is 0 Å². The lowest BCUT2D eigenvalue weighted by molar-refractivity contribution is 0.0631. The van der Waals surface area contributed by atoms with Crippen LogP contribution in [0.4, 0.5) is 0 Å². The smallest absolute Gasteiger partial charge is 0.273 e. The van der Waals surface area contributed by atoms with Crippen LogP contribution in [0.3, 0.4) is 0 Å². The third kappa shape index (κ3) is 4.03. The summed E-state index contributed by atoms with van der Waals surface area (Å²) in [5.41, 5.74) is 0.954. The monoisotopic (exact) mass is 287 g/mol. The summed E-state index contributed by atoms with van der Waals surface area (Å²) >= 11 is 0. The Labute approximate surface area is 125 Å². The van der Waals surface area contributed by atoms with Crippen molar-refractivity contribution in [1.82, 2.24) is 14.8 Å². The van der Waals surface area contributed by atoms with E-state index in [4.69, 9.17) is 5.11 Å². The Morgan fingerprint density at radius 3 is 2.81 bits per heavy atom. The summed E-state index contributed by atoms with van der Waals surface area (Å²) in [6.07, 6.45) is 2.74. The first-order valence-corrected chi connectivity index (χ1v) is 7.32. The van der Waals surface area contributed by atoms with E-state index >= 15 is 0 Å². The molecule has 0 aliphatic carbocycles. The molecule has 1 saturated heterocycles. The minimum absolute atomic E-state index is 0.0750. The number of amides is 1. The number of pyridine rings is 1. The molecule has 2 heterocycles. The van der Waals surface area contributed by atoms with Crippen molar-refractivity contribution in [3.05, 3.63) is 29.6 Å². The molecule has 0 saturated carbocycles. The molecule has 1 aliphatic rings. The van der Waals surface area contributed by atoms with Gasteiger partial charge in [-0.1, -0.05) is 18.8 Å². The summed E-state index contributed by atoms with van der Waals surface area (Å²) in [6.45, 7) is 6.28. The third-order valence-corrected chi connectivity index (χ3v) is 3.51. The number of hydrogen-bond acceptors (Lipinski definition) is 4. The highest BCUT2D eigenvalue weighted by Crippen LogP contribution is 2.11. The summed E-state index contributed by atoms with van der Waals surface area (Å²) < 4.78 is 0. The molecule has 1 N–H and O–H groups in total. The molecule has 0 spiro atoms.